The van der Waals surface area contributed by atoms with Crippen LogP contribution in [0.5, 0.6) is 5.75 Å². The van der Waals surface area contributed by atoms with Gasteiger partial charge in [-0.3, -0.25) is 0 Å². The summed E-state index contributed by atoms with van der Waals surface area (Å²) in [6.45, 7) is 12.8. The van der Waals surface area contributed by atoms with Crippen LogP contribution in [0.4, 0.5) is 9.59 Å². The van der Waals surface area contributed by atoms with Crippen LogP contribution in [0.25, 0.3) is 0 Å². The molecule has 1 aromatic carbocycles. The Morgan fingerprint density at radius 1 is 1.00 bits per heavy atom. The van der Waals surface area contributed by atoms with Crippen molar-refractivity contribution >= 4 is 29.8 Å². The number of benzene rings is 1. The van der Waals surface area contributed by atoms with E-state index < -0.39 is 35.6 Å². The van der Waals surface area contributed by atoms with Gasteiger partial charge in [0, 0.05) is 33.6 Å². The number of rotatable bonds is 12. The number of amides is 2. The molecule has 0 aliphatic heterocycles. The smallest absolute Gasteiger partial charge is 0.412 e. The highest BCUT2D eigenvalue weighted by Crippen LogP contribution is 2.21. The van der Waals surface area contributed by atoms with E-state index in [4.69, 9.17) is 30.5 Å². The number of hydrogen-bond acceptors (Lipinski definition) is 8. The zero-order chi connectivity index (χ0) is 27.5. The molecular formula is C25H40ClN3O7. The Labute approximate surface area is 218 Å². The number of esters is 1. The summed E-state index contributed by atoms with van der Waals surface area (Å²) in [4.78, 5) is 37.8. The lowest BCUT2D eigenvalue weighted by Gasteiger charge is -2.27. The maximum Gasteiger partial charge on any atom is 0.412 e. The van der Waals surface area contributed by atoms with E-state index in [9.17, 15) is 14.4 Å². The Bertz CT molecular complexity index is 854. The van der Waals surface area contributed by atoms with Crippen LogP contribution in [0.3, 0.4) is 0 Å². The van der Waals surface area contributed by atoms with E-state index >= 15 is 0 Å². The van der Waals surface area contributed by atoms with Crippen molar-refractivity contribution in [2.75, 3.05) is 26.7 Å². The molecule has 204 valence electrons. The summed E-state index contributed by atoms with van der Waals surface area (Å²) in [5.74, 6) is -0.192. The van der Waals surface area contributed by atoms with Gasteiger partial charge in [0.1, 0.15) is 11.4 Å². The van der Waals surface area contributed by atoms with Crippen molar-refractivity contribution < 1.29 is 33.3 Å². The molecule has 11 heteroatoms. The molecule has 0 spiro atoms. The summed E-state index contributed by atoms with van der Waals surface area (Å²) in [5.41, 5.74) is -0.932. The fraction of sp³-hybridized carbons (Fsp3) is 0.640. The van der Waals surface area contributed by atoms with Gasteiger partial charge in [-0.25, -0.2) is 14.4 Å². The number of likely N-dealkylation sites (N-methyl/N-ethyl adjacent to an activating group) is 1. The van der Waals surface area contributed by atoms with Gasteiger partial charge in [-0.05, 0) is 65.7 Å². The SMILES string of the molecule is CC(Cl)NCCc1ccc(OC(C)(C)C(=O)OC(C)OC(=O)N(C)CCNC(=O)OC(C)(C)C)cc1. The number of alkyl carbamates (subject to hydrolysis) is 1. The minimum Gasteiger partial charge on any atom is -0.476 e. The second-order valence-electron chi connectivity index (χ2n) is 9.78. The third-order valence-electron chi connectivity index (χ3n) is 4.59. The zero-order valence-corrected chi connectivity index (χ0v) is 23.2. The summed E-state index contributed by atoms with van der Waals surface area (Å²) in [7, 11) is 1.50. The third kappa shape index (κ3) is 12.8. The number of ether oxygens (including phenoxy) is 4. The number of alkyl halides is 1. The van der Waals surface area contributed by atoms with Crippen molar-refractivity contribution in [1.82, 2.24) is 15.5 Å². The van der Waals surface area contributed by atoms with Crippen LogP contribution in [0, 0.1) is 0 Å². The topological polar surface area (TPSA) is 115 Å². The highest BCUT2D eigenvalue weighted by molar-refractivity contribution is 6.20. The van der Waals surface area contributed by atoms with Gasteiger partial charge in [0.05, 0.1) is 5.50 Å². The van der Waals surface area contributed by atoms with Crippen molar-refractivity contribution in [3.05, 3.63) is 29.8 Å². The Morgan fingerprint density at radius 2 is 1.61 bits per heavy atom. The molecule has 0 saturated heterocycles. The average molecular weight is 530 g/mol. The number of nitrogens with zero attached hydrogens (tertiary/aromatic N) is 1. The summed E-state index contributed by atoms with van der Waals surface area (Å²) in [5, 5.41) is 5.68. The summed E-state index contributed by atoms with van der Waals surface area (Å²) >= 11 is 5.88. The van der Waals surface area contributed by atoms with E-state index in [1.165, 1.54) is 18.9 Å². The molecule has 2 unspecified atom stereocenters. The maximum atomic E-state index is 12.6. The molecule has 2 amide bonds. The fourth-order valence-electron chi connectivity index (χ4n) is 2.76. The first-order chi connectivity index (χ1) is 16.6. The number of carbonyl (C=O) groups is 3. The number of halogens is 1. The normalized spacial score (nSPS) is 13.2. The van der Waals surface area contributed by atoms with Gasteiger partial charge in [0.25, 0.3) is 0 Å². The van der Waals surface area contributed by atoms with Gasteiger partial charge in [0.15, 0.2) is 5.60 Å². The molecule has 0 heterocycles. The van der Waals surface area contributed by atoms with Crippen LogP contribution in [0.1, 0.15) is 54.0 Å². The summed E-state index contributed by atoms with van der Waals surface area (Å²) < 4.78 is 21.4. The van der Waals surface area contributed by atoms with E-state index in [1.807, 2.05) is 19.1 Å². The predicted molar refractivity (Wildman–Crippen MR) is 137 cm³/mol. The van der Waals surface area contributed by atoms with E-state index in [2.05, 4.69) is 10.6 Å². The second kappa shape index (κ2) is 14.1. The first kappa shape index (κ1) is 31.3. The van der Waals surface area contributed by atoms with Crippen LogP contribution in [-0.2, 0) is 25.4 Å². The van der Waals surface area contributed by atoms with Gasteiger partial charge in [-0.2, -0.15) is 0 Å². The summed E-state index contributed by atoms with van der Waals surface area (Å²) in [6, 6.07) is 7.38. The van der Waals surface area contributed by atoms with Crippen molar-refractivity contribution in [2.24, 2.45) is 0 Å². The van der Waals surface area contributed by atoms with Gasteiger partial charge < -0.3 is 34.5 Å². The molecule has 36 heavy (non-hydrogen) atoms. The summed E-state index contributed by atoms with van der Waals surface area (Å²) in [6.07, 6.45) is -1.64. The third-order valence-corrected chi connectivity index (χ3v) is 4.75. The van der Waals surface area contributed by atoms with Crippen LogP contribution < -0.4 is 15.4 Å². The highest BCUT2D eigenvalue weighted by atomic mass is 35.5. The monoisotopic (exact) mass is 529 g/mol. The molecule has 0 aliphatic rings. The molecule has 2 atom stereocenters. The van der Waals surface area contributed by atoms with Gasteiger partial charge in [-0.15, -0.1) is 11.6 Å². The van der Waals surface area contributed by atoms with Crippen molar-refractivity contribution in [3.8, 4) is 5.75 Å². The molecule has 0 aliphatic carbocycles. The van der Waals surface area contributed by atoms with Crippen LogP contribution in [0.2, 0.25) is 0 Å². The lowest BCUT2D eigenvalue weighted by molar-refractivity contribution is -0.181. The molecule has 0 saturated carbocycles. The maximum absolute atomic E-state index is 12.6. The zero-order valence-electron chi connectivity index (χ0n) is 22.5. The fourth-order valence-corrected chi connectivity index (χ4v) is 2.86. The minimum absolute atomic E-state index is 0.0948. The lowest BCUT2D eigenvalue weighted by Crippen LogP contribution is -2.43. The molecule has 10 nitrogen and oxygen atoms in total. The second-order valence-corrected chi connectivity index (χ2v) is 10.4. The quantitative estimate of drug-likeness (QED) is 0.180. The molecule has 1 aromatic rings. The number of hydrogen-bond donors (Lipinski definition) is 2. The van der Waals surface area contributed by atoms with Gasteiger partial charge in [-0.1, -0.05) is 12.1 Å². The number of carbonyl (C=O) groups excluding carboxylic acids is 3. The molecule has 0 fully saturated rings. The van der Waals surface area contributed by atoms with Crippen LogP contribution in [-0.4, -0.2) is 72.7 Å². The van der Waals surface area contributed by atoms with Crippen molar-refractivity contribution in [1.29, 1.82) is 0 Å². The molecule has 0 bridgehead atoms. The van der Waals surface area contributed by atoms with Crippen molar-refractivity contribution in [2.45, 2.75) is 77.9 Å². The largest absolute Gasteiger partial charge is 0.476 e. The predicted octanol–water partition coefficient (Wildman–Crippen LogP) is 4.04. The van der Waals surface area contributed by atoms with Gasteiger partial charge in [0.2, 0.25) is 6.29 Å². The standard InChI is InChI=1S/C25H40ClN3O7/c1-17(26)27-14-13-19-9-11-20(12-10-19)35-25(6,7)21(30)33-18(2)34-23(32)29(8)16-15-28-22(31)36-24(3,4)5/h9-12,17-18,27H,13-16H2,1-8H3,(H,28,31). The molecule has 2 N–H and O–H groups in total. The lowest BCUT2D eigenvalue weighted by atomic mass is 10.1. The van der Waals surface area contributed by atoms with Crippen molar-refractivity contribution in [3.63, 3.8) is 0 Å². The van der Waals surface area contributed by atoms with E-state index in [0.717, 1.165) is 18.5 Å². The molecule has 0 aromatic heterocycles. The molecule has 0 radical (unpaired) electrons. The van der Waals surface area contributed by atoms with Gasteiger partial charge >= 0.3 is 18.2 Å². The highest BCUT2D eigenvalue weighted by Gasteiger charge is 2.34. The average Bonchev–Trinajstić information content (AvgIpc) is 2.73. The Kier molecular flexibility index (Phi) is 12.3. The molecule has 1 rings (SSSR count). The number of nitrogens with one attached hydrogen (secondary N) is 2. The van der Waals surface area contributed by atoms with Crippen LogP contribution >= 0.6 is 11.6 Å². The first-order valence-electron chi connectivity index (χ1n) is 11.8. The van der Waals surface area contributed by atoms with Crippen LogP contribution in [0.15, 0.2) is 24.3 Å². The van der Waals surface area contributed by atoms with E-state index in [0.29, 0.717) is 5.75 Å². The van der Waals surface area contributed by atoms with E-state index in [-0.39, 0.29) is 18.6 Å². The van der Waals surface area contributed by atoms with E-state index in [1.54, 1.807) is 46.8 Å². The Hall–Kier alpha value is -2.72. The minimum atomic E-state index is -1.32. The molecular weight excluding hydrogens is 490 g/mol. The Balaban J connectivity index is 2.47. The first-order valence-corrected chi connectivity index (χ1v) is 12.3. The Morgan fingerprint density at radius 3 is 2.17 bits per heavy atom.